The number of hydrogen-bond acceptors (Lipinski definition) is 5. The van der Waals surface area contributed by atoms with E-state index in [1.54, 1.807) is 31.3 Å². The zero-order valence-corrected chi connectivity index (χ0v) is 17.5. The summed E-state index contributed by atoms with van der Waals surface area (Å²) in [7, 11) is 3.17. The lowest BCUT2D eigenvalue weighted by atomic mass is 10.0. The number of benzene rings is 2. The number of hydrogen-bond donors (Lipinski definition) is 1. The Morgan fingerprint density at radius 3 is 2.41 bits per heavy atom. The van der Waals surface area contributed by atoms with E-state index in [9.17, 15) is 9.90 Å². The second-order valence-electron chi connectivity index (χ2n) is 7.09. The molecule has 0 unspecified atom stereocenters. The van der Waals surface area contributed by atoms with Crippen molar-refractivity contribution in [3.05, 3.63) is 58.3 Å². The van der Waals surface area contributed by atoms with E-state index in [1.807, 2.05) is 39.0 Å². The fourth-order valence-electron chi connectivity index (χ4n) is 3.61. The summed E-state index contributed by atoms with van der Waals surface area (Å²) in [6.45, 7) is 6.14. The fraction of sp³-hybridized carbons (Fsp3) is 0.348. The Kier molecular flexibility index (Phi) is 6.13. The third-order valence-electron chi connectivity index (χ3n) is 5.18. The van der Waals surface area contributed by atoms with Crippen LogP contribution in [0.1, 0.15) is 32.8 Å². The molecule has 0 fully saturated rings. The van der Waals surface area contributed by atoms with E-state index >= 15 is 0 Å². The van der Waals surface area contributed by atoms with Crippen LogP contribution in [0.25, 0.3) is 11.0 Å². The van der Waals surface area contributed by atoms with E-state index in [2.05, 4.69) is 0 Å². The highest BCUT2D eigenvalue weighted by atomic mass is 16.5. The van der Waals surface area contributed by atoms with Crippen molar-refractivity contribution in [3.8, 4) is 11.5 Å². The maximum absolute atomic E-state index is 13.4. The van der Waals surface area contributed by atoms with Gasteiger partial charge in [0, 0.05) is 29.6 Å². The van der Waals surface area contributed by atoms with Gasteiger partial charge in [0.05, 0.1) is 20.8 Å². The highest BCUT2D eigenvalue weighted by Crippen LogP contribution is 2.32. The maximum atomic E-state index is 13.4. The van der Waals surface area contributed by atoms with Gasteiger partial charge < -0.3 is 23.9 Å². The number of fused-ring (bicyclic) bond motifs is 1. The minimum Gasteiger partial charge on any atom is -0.497 e. The van der Waals surface area contributed by atoms with Gasteiger partial charge in [-0.1, -0.05) is 12.1 Å². The molecule has 3 aromatic rings. The molecule has 154 valence electrons. The van der Waals surface area contributed by atoms with Gasteiger partial charge in [0.25, 0.3) is 5.91 Å². The number of carbonyl (C=O) groups is 1. The minimum absolute atomic E-state index is 0.157. The number of amides is 1. The molecule has 0 atom stereocenters. The first kappa shape index (κ1) is 20.7. The van der Waals surface area contributed by atoms with E-state index in [-0.39, 0.29) is 25.6 Å². The summed E-state index contributed by atoms with van der Waals surface area (Å²) in [5, 5.41) is 10.5. The lowest BCUT2D eigenvalue weighted by Gasteiger charge is -2.22. The van der Waals surface area contributed by atoms with Crippen LogP contribution in [0.15, 0.2) is 34.7 Å². The molecule has 2 aromatic carbocycles. The number of methoxy groups -OCH3 is 2. The Balaban J connectivity index is 2.01. The molecular formula is C23H27NO5. The SMILES string of the molecule is COc1ccc(OC)c(CN(CCO)C(=O)c2oc3c(C)ccc(C)c3c2C)c1. The summed E-state index contributed by atoms with van der Waals surface area (Å²) in [5.41, 5.74) is 4.38. The first-order chi connectivity index (χ1) is 13.9. The van der Waals surface area contributed by atoms with Gasteiger partial charge in [-0.05, 0) is 50.1 Å². The van der Waals surface area contributed by atoms with Gasteiger partial charge in [-0.3, -0.25) is 4.79 Å². The van der Waals surface area contributed by atoms with Crippen molar-refractivity contribution in [2.45, 2.75) is 27.3 Å². The lowest BCUT2D eigenvalue weighted by Crippen LogP contribution is -2.33. The highest BCUT2D eigenvalue weighted by molar-refractivity contribution is 6.00. The van der Waals surface area contributed by atoms with E-state index in [0.717, 1.165) is 33.2 Å². The van der Waals surface area contributed by atoms with Crippen LogP contribution < -0.4 is 9.47 Å². The molecule has 0 aliphatic heterocycles. The predicted molar refractivity (Wildman–Crippen MR) is 112 cm³/mol. The molecule has 0 aliphatic carbocycles. The number of aliphatic hydroxyl groups excluding tert-OH is 1. The highest BCUT2D eigenvalue weighted by Gasteiger charge is 2.25. The third-order valence-corrected chi connectivity index (χ3v) is 5.18. The third kappa shape index (κ3) is 3.93. The number of rotatable bonds is 7. The number of furan rings is 1. The van der Waals surface area contributed by atoms with Crippen molar-refractivity contribution < 1.29 is 23.8 Å². The number of nitrogens with zero attached hydrogens (tertiary/aromatic N) is 1. The van der Waals surface area contributed by atoms with Crippen molar-refractivity contribution in [2.75, 3.05) is 27.4 Å². The molecule has 1 aromatic heterocycles. The average molecular weight is 397 g/mol. The molecule has 0 saturated carbocycles. The fourth-order valence-corrected chi connectivity index (χ4v) is 3.61. The Bertz CT molecular complexity index is 1040. The standard InChI is InChI=1S/C23H27NO5/c1-14-6-7-15(2)21-20(14)16(3)22(29-21)23(26)24(10-11-25)13-17-12-18(27-4)8-9-19(17)28-5/h6-9,12,25H,10-11,13H2,1-5H3. The predicted octanol–water partition coefficient (Wildman–Crippen LogP) is 4.01. The van der Waals surface area contributed by atoms with Crippen LogP contribution in [0.3, 0.4) is 0 Å². The first-order valence-electron chi connectivity index (χ1n) is 9.51. The van der Waals surface area contributed by atoms with Crippen LogP contribution in [0, 0.1) is 20.8 Å². The smallest absolute Gasteiger partial charge is 0.290 e. The van der Waals surface area contributed by atoms with Gasteiger partial charge in [-0.15, -0.1) is 0 Å². The van der Waals surface area contributed by atoms with Crippen molar-refractivity contribution >= 4 is 16.9 Å². The van der Waals surface area contributed by atoms with Gasteiger partial charge in [0.15, 0.2) is 5.76 Å². The second kappa shape index (κ2) is 8.57. The Labute approximate surface area is 170 Å². The van der Waals surface area contributed by atoms with Crippen molar-refractivity contribution in [2.24, 2.45) is 0 Å². The molecule has 0 aliphatic rings. The van der Waals surface area contributed by atoms with Crippen molar-refractivity contribution in [3.63, 3.8) is 0 Å². The van der Waals surface area contributed by atoms with Crippen LogP contribution in [0.5, 0.6) is 11.5 Å². The molecule has 1 amide bonds. The molecule has 29 heavy (non-hydrogen) atoms. The summed E-state index contributed by atoms with van der Waals surface area (Å²) in [5.74, 6) is 1.35. The number of carbonyl (C=O) groups excluding carboxylic acids is 1. The molecule has 1 heterocycles. The van der Waals surface area contributed by atoms with Gasteiger partial charge in [0.2, 0.25) is 0 Å². The van der Waals surface area contributed by atoms with E-state index < -0.39 is 0 Å². The molecule has 0 bridgehead atoms. The lowest BCUT2D eigenvalue weighted by molar-refractivity contribution is 0.0676. The van der Waals surface area contributed by atoms with E-state index in [1.165, 1.54) is 0 Å². The largest absolute Gasteiger partial charge is 0.497 e. The molecule has 0 spiro atoms. The van der Waals surface area contributed by atoms with E-state index in [0.29, 0.717) is 17.3 Å². The Hall–Kier alpha value is -2.99. The number of aliphatic hydroxyl groups is 1. The van der Waals surface area contributed by atoms with Gasteiger partial charge in [-0.2, -0.15) is 0 Å². The summed E-state index contributed by atoms with van der Waals surface area (Å²) < 4.78 is 16.7. The topological polar surface area (TPSA) is 72.1 Å². The van der Waals surface area contributed by atoms with E-state index in [4.69, 9.17) is 13.9 Å². The first-order valence-corrected chi connectivity index (χ1v) is 9.51. The summed E-state index contributed by atoms with van der Waals surface area (Å²) in [4.78, 5) is 14.9. The van der Waals surface area contributed by atoms with Crippen LogP contribution in [-0.2, 0) is 6.54 Å². The summed E-state index contributed by atoms with van der Waals surface area (Å²) >= 11 is 0. The number of ether oxygens (including phenoxy) is 2. The summed E-state index contributed by atoms with van der Waals surface area (Å²) in [6, 6.07) is 9.45. The molecule has 6 nitrogen and oxygen atoms in total. The second-order valence-corrected chi connectivity index (χ2v) is 7.09. The van der Waals surface area contributed by atoms with Crippen molar-refractivity contribution in [1.82, 2.24) is 4.90 Å². The zero-order valence-electron chi connectivity index (χ0n) is 17.5. The maximum Gasteiger partial charge on any atom is 0.290 e. The van der Waals surface area contributed by atoms with Crippen LogP contribution in [0.2, 0.25) is 0 Å². The van der Waals surface area contributed by atoms with Crippen LogP contribution in [-0.4, -0.2) is 43.3 Å². The normalized spacial score (nSPS) is 11.0. The van der Waals surface area contributed by atoms with Crippen LogP contribution >= 0.6 is 0 Å². The van der Waals surface area contributed by atoms with Crippen molar-refractivity contribution in [1.29, 1.82) is 0 Å². The molecular weight excluding hydrogens is 370 g/mol. The monoisotopic (exact) mass is 397 g/mol. The molecule has 0 radical (unpaired) electrons. The Morgan fingerprint density at radius 2 is 1.79 bits per heavy atom. The Morgan fingerprint density at radius 1 is 1.07 bits per heavy atom. The zero-order chi connectivity index (χ0) is 21.1. The van der Waals surface area contributed by atoms with Gasteiger partial charge in [0.1, 0.15) is 17.1 Å². The van der Waals surface area contributed by atoms with Gasteiger partial charge in [-0.25, -0.2) is 0 Å². The molecule has 6 heteroatoms. The summed E-state index contributed by atoms with van der Waals surface area (Å²) in [6.07, 6.45) is 0. The average Bonchev–Trinajstić information content (AvgIpc) is 3.08. The quantitative estimate of drug-likeness (QED) is 0.652. The number of aryl methyl sites for hydroxylation is 3. The van der Waals surface area contributed by atoms with Crippen LogP contribution in [0.4, 0.5) is 0 Å². The molecule has 1 N–H and O–H groups in total. The molecule has 3 rings (SSSR count). The minimum atomic E-state index is -0.267. The molecule has 0 saturated heterocycles. The van der Waals surface area contributed by atoms with Gasteiger partial charge >= 0.3 is 0 Å².